The lowest BCUT2D eigenvalue weighted by Gasteiger charge is -2.09. The third-order valence-electron chi connectivity index (χ3n) is 7.14. The highest BCUT2D eigenvalue weighted by Crippen LogP contribution is 2.34. The molecule has 326 valence electrons. The van der Waals surface area contributed by atoms with Crippen molar-refractivity contribution in [3.8, 4) is 21.1 Å². The zero-order chi connectivity index (χ0) is 46.0. The molecule has 0 saturated heterocycles. The smallest absolute Gasteiger partial charge is 0.423 e. The lowest BCUT2D eigenvalue weighted by Crippen LogP contribution is -2.31. The van der Waals surface area contributed by atoms with E-state index < -0.39 is 42.7 Å². The number of pyridine rings is 3. The summed E-state index contributed by atoms with van der Waals surface area (Å²) in [4.78, 5) is 43.7. The first-order valence-electron chi connectivity index (χ1n) is 16.7. The Balaban J connectivity index is 0.000000223. The van der Waals surface area contributed by atoms with Gasteiger partial charge in [0.2, 0.25) is 5.91 Å². The molecule has 6 aromatic rings. The lowest BCUT2D eigenvalue weighted by atomic mass is 9.81. The van der Waals surface area contributed by atoms with Crippen molar-refractivity contribution in [3.05, 3.63) is 96.3 Å². The normalized spacial score (nSPS) is 11.3. The van der Waals surface area contributed by atoms with E-state index in [1.165, 1.54) is 80.8 Å². The predicted molar refractivity (Wildman–Crippen MR) is 217 cm³/mol. The highest BCUT2D eigenvalue weighted by atomic mass is 79.9. The summed E-state index contributed by atoms with van der Waals surface area (Å²) < 4.78 is 113. The van der Waals surface area contributed by atoms with E-state index in [0.717, 1.165) is 28.6 Å². The standard InChI is InChI=1S/C13H11F3N2OS.C10H8F3N3S.C7H7BF3NO2.C5H5BrN2OS/c1-7-3-9(5-17-11(7)13(14,15)16)12-18-10(6-20-12)4-8(2)19;1-5-2-6(9-16-7(14)4-17-9)3-15-8(5)10(11,12)13;1-4-2-5(8(13)14)3-12-6(4)7(9,10)11;1-3(9)7-4-2-10-5(6)8-4/h3,5-6H,4H2,1-2H3;2-4H,14H2,1H3;2-3,13-14H,1H3;2H,1H3,(H,7,9). The number of anilines is 2. The van der Waals surface area contributed by atoms with Gasteiger partial charge in [-0.25, -0.2) is 15.0 Å². The van der Waals surface area contributed by atoms with Crippen molar-refractivity contribution in [1.82, 2.24) is 29.9 Å². The van der Waals surface area contributed by atoms with Crippen LogP contribution in [0.2, 0.25) is 0 Å². The van der Waals surface area contributed by atoms with Gasteiger partial charge in [0.25, 0.3) is 0 Å². The molecule has 0 bridgehead atoms. The summed E-state index contributed by atoms with van der Waals surface area (Å²) in [5.74, 6) is 0.841. The number of alkyl halides is 9. The van der Waals surface area contributed by atoms with Crippen LogP contribution in [0, 0.1) is 20.8 Å². The van der Waals surface area contributed by atoms with Crippen LogP contribution < -0.4 is 16.5 Å². The van der Waals surface area contributed by atoms with Gasteiger partial charge in [0.1, 0.15) is 44.5 Å². The van der Waals surface area contributed by atoms with E-state index in [9.17, 15) is 49.1 Å². The Hall–Kier alpha value is -4.89. The largest absolute Gasteiger partial charge is 0.490 e. The lowest BCUT2D eigenvalue weighted by molar-refractivity contribution is -0.142. The molecule has 0 aliphatic rings. The summed E-state index contributed by atoms with van der Waals surface area (Å²) in [5.41, 5.74) is 4.30. The number of thiazole rings is 3. The average Bonchev–Trinajstić information content (AvgIpc) is 3.88. The number of hydrogen-bond donors (Lipinski definition) is 4. The summed E-state index contributed by atoms with van der Waals surface area (Å²) in [5, 5.41) is 26.2. The molecule has 0 unspecified atom stereocenters. The minimum Gasteiger partial charge on any atom is -0.423 e. The number of aryl methyl sites for hydroxylation is 3. The molecule has 0 aliphatic heterocycles. The molecule has 6 rings (SSSR count). The third kappa shape index (κ3) is 15.8. The molecule has 0 atom stereocenters. The molecule has 0 aliphatic carbocycles. The maximum atomic E-state index is 12.6. The Morgan fingerprint density at radius 3 is 1.52 bits per heavy atom. The van der Waals surface area contributed by atoms with Gasteiger partial charge in [0, 0.05) is 64.7 Å². The molecule has 61 heavy (non-hydrogen) atoms. The van der Waals surface area contributed by atoms with Gasteiger partial charge in [0.05, 0.1) is 5.69 Å². The Morgan fingerprint density at radius 1 is 0.705 bits per heavy atom. The molecule has 0 aromatic carbocycles. The summed E-state index contributed by atoms with van der Waals surface area (Å²) in [7, 11) is -1.80. The highest BCUT2D eigenvalue weighted by Gasteiger charge is 2.36. The fraction of sp³-hybridized carbons (Fsp3) is 0.257. The van der Waals surface area contributed by atoms with E-state index in [2.05, 4.69) is 51.2 Å². The average molecular weight is 986 g/mol. The second kappa shape index (κ2) is 21.3. The number of nitrogens with zero attached hydrogens (tertiary/aromatic N) is 6. The van der Waals surface area contributed by atoms with Gasteiger partial charge in [-0.1, -0.05) is 6.07 Å². The van der Waals surface area contributed by atoms with Gasteiger partial charge in [0.15, 0.2) is 3.92 Å². The molecular weight excluding hydrogens is 954 g/mol. The SMILES string of the molecule is CC(=O)Cc1csc(-c2cnc(C(F)(F)F)c(C)c2)n1.CC(=O)Nc1csc(Br)n1.Cc1cc(-c2nc(N)cs2)cnc1C(F)(F)F.Cc1cc(B(O)O)cnc1C(F)(F)F. The number of hydrogen-bond acceptors (Lipinski definition) is 14. The Morgan fingerprint density at radius 2 is 1.16 bits per heavy atom. The van der Waals surface area contributed by atoms with Gasteiger partial charge in [-0.2, -0.15) is 39.5 Å². The molecule has 0 fully saturated rings. The first-order valence-corrected chi connectivity index (χ1v) is 20.1. The van der Waals surface area contributed by atoms with Crippen LogP contribution in [0.5, 0.6) is 0 Å². The van der Waals surface area contributed by atoms with Gasteiger partial charge < -0.3 is 21.1 Å². The molecule has 26 heteroatoms. The number of carbonyl (C=O) groups excluding carboxylic acids is 2. The number of nitrogen functional groups attached to an aromatic ring is 1. The van der Waals surface area contributed by atoms with Gasteiger partial charge >= 0.3 is 25.6 Å². The van der Waals surface area contributed by atoms with Gasteiger partial charge in [-0.3, -0.25) is 24.5 Å². The maximum Gasteiger partial charge on any atom is 0.490 e. The van der Waals surface area contributed by atoms with E-state index in [1.54, 1.807) is 16.1 Å². The number of rotatable bonds is 6. The second-order valence-electron chi connectivity index (χ2n) is 12.3. The minimum absolute atomic E-state index is 0.0106. The van der Waals surface area contributed by atoms with Crippen molar-refractivity contribution in [1.29, 1.82) is 0 Å². The fourth-order valence-electron chi connectivity index (χ4n) is 4.70. The van der Waals surface area contributed by atoms with Crippen molar-refractivity contribution < 1.29 is 59.2 Å². The second-order valence-corrected chi connectivity index (χ2v) is 16.2. The number of nitrogens with one attached hydrogen (secondary N) is 1. The Labute approximate surface area is 361 Å². The minimum atomic E-state index is -4.51. The summed E-state index contributed by atoms with van der Waals surface area (Å²) in [6.07, 6.45) is -10.1. The number of ketones is 1. The number of halogens is 10. The fourth-order valence-corrected chi connectivity index (χ4v) is 7.13. The van der Waals surface area contributed by atoms with Crippen LogP contribution in [-0.2, 0) is 34.5 Å². The number of nitrogens with two attached hydrogens (primary N) is 1. The molecule has 1 amide bonds. The van der Waals surface area contributed by atoms with E-state index in [4.69, 9.17) is 15.8 Å². The quantitative estimate of drug-likeness (QED) is 0.0923. The summed E-state index contributed by atoms with van der Waals surface area (Å²) in [6, 6.07) is 3.86. The van der Waals surface area contributed by atoms with Crippen molar-refractivity contribution in [2.75, 3.05) is 11.1 Å². The topological polar surface area (TPSA) is 190 Å². The number of carbonyl (C=O) groups is 2. The number of amides is 1. The first kappa shape index (κ1) is 50.5. The van der Waals surface area contributed by atoms with Gasteiger partial charge in [-0.05, 0) is 72.4 Å². The van der Waals surface area contributed by atoms with E-state index in [1.807, 2.05) is 0 Å². The third-order valence-corrected chi connectivity index (χ3v) is 10.4. The molecule has 6 heterocycles. The Bertz CT molecular complexity index is 2440. The van der Waals surface area contributed by atoms with Crippen LogP contribution in [0.25, 0.3) is 21.1 Å². The van der Waals surface area contributed by atoms with Crippen LogP contribution in [-0.4, -0.2) is 58.8 Å². The van der Waals surface area contributed by atoms with Crippen LogP contribution >= 0.6 is 49.9 Å². The zero-order valence-electron chi connectivity index (χ0n) is 32.0. The first-order chi connectivity index (χ1) is 28.1. The predicted octanol–water partition coefficient (Wildman–Crippen LogP) is 8.73. The Kier molecular flexibility index (Phi) is 17.6. The van der Waals surface area contributed by atoms with Crippen LogP contribution in [0.4, 0.5) is 51.1 Å². The maximum absolute atomic E-state index is 12.6. The monoisotopic (exact) mass is 984 g/mol. The molecule has 6 aromatic heterocycles. The van der Waals surface area contributed by atoms with Crippen LogP contribution in [0.3, 0.4) is 0 Å². The molecule has 0 spiro atoms. The molecule has 5 N–H and O–H groups in total. The van der Waals surface area contributed by atoms with Crippen LogP contribution in [0.15, 0.2) is 56.8 Å². The number of aromatic nitrogens is 6. The van der Waals surface area contributed by atoms with E-state index in [-0.39, 0.29) is 40.3 Å². The van der Waals surface area contributed by atoms with Crippen molar-refractivity contribution >= 4 is 85.8 Å². The number of Topliss-reactive ketones (excluding diaryl/α,β-unsaturated/α-hetero) is 1. The summed E-state index contributed by atoms with van der Waals surface area (Å²) >= 11 is 7.16. The molecular formula is C35H31BBrF9N8O4S3. The van der Waals surface area contributed by atoms with Crippen molar-refractivity contribution in [2.45, 2.75) is 59.6 Å². The molecule has 12 nitrogen and oxygen atoms in total. The van der Waals surface area contributed by atoms with Crippen molar-refractivity contribution in [3.63, 3.8) is 0 Å². The van der Waals surface area contributed by atoms with Crippen LogP contribution in [0.1, 0.15) is 53.3 Å². The zero-order valence-corrected chi connectivity index (χ0v) is 36.0. The highest BCUT2D eigenvalue weighted by molar-refractivity contribution is 9.11. The summed E-state index contributed by atoms with van der Waals surface area (Å²) in [6.45, 7) is 6.86. The van der Waals surface area contributed by atoms with Gasteiger partial charge in [-0.15, -0.1) is 34.0 Å². The van der Waals surface area contributed by atoms with E-state index >= 15 is 0 Å². The molecule has 0 radical (unpaired) electrons. The molecule has 0 saturated carbocycles. The van der Waals surface area contributed by atoms with Crippen molar-refractivity contribution in [2.24, 2.45) is 0 Å². The van der Waals surface area contributed by atoms with E-state index in [0.29, 0.717) is 38.5 Å².